The zero-order valence-corrected chi connectivity index (χ0v) is 13.2. The largest absolute Gasteiger partial charge is 0.399 e. The molecule has 0 aromatic heterocycles. The number of fused-ring (bicyclic) bond motifs is 2. The van der Waals surface area contributed by atoms with Gasteiger partial charge in [0.1, 0.15) is 0 Å². The van der Waals surface area contributed by atoms with E-state index in [0.29, 0.717) is 5.92 Å². The molecule has 114 valence electrons. The lowest BCUT2D eigenvalue weighted by Gasteiger charge is -2.36. The Bertz CT molecular complexity index is 555. The summed E-state index contributed by atoms with van der Waals surface area (Å²) in [5.74, 6) is 0.704. The van der Waals surface area contributed by atoms with E-state index >= 15 is 0 Å². The Hall–Kier alpha value is -1.51. The van der Waals surface area contributed by atoms with Gasteiger partial charge in [-0.15, -0.1) is 0 Å². The Kier molecular flexibility index (Phi) is 3.68. The molecule has 1 aromatic rings. The van der Waals surface area contributed by atoms with E-state index in [4.69, 9.17) is 5.73 Å². The molecule has 1 fully saturated rings. The fourth-order valence-corrected chi connectivity index (χ4v) is 4.06. The number of nitrogens with two attached hydrogens (primary N) is 1. The lowest BCUT2D eigenvalue weighted by molar-refractivity contribution is -0.123. The van der Waals surface area contributed by atoms with Crippen molar-refractivity contribution in [2.45, 2.75) is 70.1 Å². The summed E-state index contributed by atoms with van der Waals surface area (Å²) in [6.07, 6.45) is 7.73. The molecule has 0 atom stereocenters. The molecule has 1 saturated carbocycles. The Morgan fingerprint density at radius 1 is 1.24 bits per heavy atom. The fourth-order valence-electron chi connectivity index (χ4n) is 4.06. The number of nitrogens with one attached hydrogen (secondary N) is 1. The van der Waals surface area contributed by atoms with Crippen molar-refractivity contribution < 1.29 is 4.79 Å². The maximum atomic E-state index is 12.5. The number of carbonyl (C=O) groups is 1. The second kappa shape index (κ2) is 5.36. The Morgan fingerprint density at radius 3 is 2.43 bits per heavy atom. The number of hydrogen-bond acceptors (Lipinski definition) is 2. The number of benzene rings is 1. The van der Waals surface area contributed by atoms with Gasteiger partial charge in [-0.05, 0) is 54.9 Å². The van der Waals surface area contributed by atoms with Crippen molar-refractivity contribution in [2.24, 2.45) is 0 Å². The lowest BCUT2D eigenvalue weighted by Crippen LogP contribution is -2.40. The average Bonchev–Trinajstić information content (AvgIpc) is 2.69. The molecule has 2 aliphatic rings. The second-order valence-electron chi connectivity index (χ2n) is 6.70. The lowest BCUT2D eigenvalue weighted by atomic mass is 9.65. The van der Waals surface area contributed by atoms with Crippen LogP contribution in [0.4, 0.5) is 11.4 Å². The standard InChI is InChI=1S/C18H26N2O/c1-3-6-12(7-4-2)14-10-13(19)11-15-16(14)20-17(21)18(15)8-5-9-18/h10-12H,3-9,19H2,1-2H3,(H,20,21). The van der Waals surface area contributed by atoms with Crippen LogP contribution in [0.2, 0.25) is 0 Å². The maximum absolute atomic E-state index is 12.5. The fraction of sp³-hybridized carbons (Fsp3) is 0.611. The number of carbonyl (C=O) groups excluding carboxylic acids is 1. The van der Waals surface area contributed by atoms with Gasteiger partial charge in [-0.1, -0.05) is 33.1 Å². The molecular formula is C18H26N2O. The van der Waals surface area contributed by atoms with Gasteiger partial charge in [0.05, 0.1) is 5.41 Å². The molecule has 3 rings (SSSR count). The second-order valence-corrected chi connectivity index (χ2v) is 6.70. The quantitative estimate of drug-likeness (QED) is 0.792. The first-order valence-electron chi connectivity index (χ1n) is 8.37. The van der Waals surface area contributed by atoms with E-state index < -0.39 is 0 Å². The van der Waals surface area contributed by atoms with Crippen LogP contribution in [0, 0.1) is 0 Å². The average molecular weight is 286 g/mol. The summed E-state index contributed by atoms with van der Waals surface area (Å²) >= 11 is 0. The molecule has 1 heterocycles. The molecule has 1 aromatic carbocycles. The predicted octanol–water partition coefficient (Wildman–Crippen LogP) is 4.33. The van der Waals surface area contributed by atoms with Crippen LogP contribution in [0.25, 0.3) is 0 Å². The van der Waals surface area contributed by atoms with Crippen molar-refractivity contribution in [1.82, 2.24) is 0 Å². The third-order valence-corrected chi connectivity index (χ3v) is 5.30. The molecule has 0 unspecified atom stereocenters. The number of nitrogen functional groups attached to an aromatic ring is 1. The van der Waals surface area contributed by atoms with Crippen molar-refractivity contribution in [3.63, 3.8) is 0 Å². The molecule has 1 amide bonds. The van der Waals surface area contributed by atoms with Crippen molar-refractivity contribution >= 4 is 17.3 Å². The van der Waals surface area contributed by atoms with Crippen LogP contribution in [0.1, 0.15) is 75.8 Å². The highest BCUT2D eigenvalue weighted by atomic mass is 16.2. The van der Waals surface area contributed by atoms with Crippen LogP contribution in [0.3, 0.4) is 0 Å². The van der Waals surface area contributed by atoms with Crippen LogP contribution in [-0.2, 0) is 10.2 Å². The molecule has 3 nitrogen and oxygen atoms in total. The third kappa shape index (κ3) is 2.14. The van der Waals surface area contributed by atoms with Gasteiger partial charge >= 0.3 is 0 Å². The molecule has 1 aliphatic carbocycles. The first-order valence-corrected chi connectivity index (χ1v) is 8.37. The maximum Gasteiger partial charge on any atom is 0.235 e. The SMILES string of the molecule is CCCC(CCC)c1cc(N)cc2c1NC(=O)C21CCC1. The van der Waals surface area contributed by atoms with E-state index in [1.807, 2.05) is 6.07 Å². The molecule has 0 bridgehead atoms. The van der Waals surface area contributed by atoms with Crippen molar-refractivity contribution in [3.8, 4) is 0 Å². The van der Waals surface area contributed by atoms with E-state index in [-0.39, 0.29) is 11.3 Å². The van der Waals surface area contributed by atoms with Crippen molar-refractivity contribution in [3.05, 3.63) is 23.3 Å². The summed E-state index contributed by atoms with van der Waals surface area (Å²) in [4.78, 5) is 12.5. The van der Waals surface area contributed by atoms with Crippen LogP contribution >= 0.6 is 0 Å². The summed E-state index contributed by atoms with van der Waals surface area (Å²) < 4.78 is 0. The van der Waals surface area contributed by atoms with Gasteiger partial charge in [0, 0.05) is 11.4 Å². The minimum Gasteiger partial charge on any atom is -0.399 e. The summed E-state index contributed by atoms with van der Waals surface area (Å²) in [5.41, 5.74) is 10.2. The summed E-state index contributed by atoms with van der Waals surface area (Å²) in [5, 5.41) is 3.19. The minimum absolute atomic E-state index is 0.197. The number of rotatable bonds is 5. The summed E-state index contributed by atoms with van der Waals surface area (Å²) in [7, 11) is 0. The van der Waals surface area contributed by atoms with Gasteiger partial charge < -0.3 is 11.1 Å². The van der Waals surface area contributed by atoms with Crippen molar-refractivity contribution in [2.75, 3.05) is 11.1 Å². The molecule has 0 saturated heterocycles. The minimum atomic E-state index is -0.261. The zero-order valence-electron chi connectivity index (χ0n) is 13.2. The zero-order chi connectivity index (χ0) is 15.0. The van der Waals surface area contributed by atoms with Crippen molar-refractivity contribution in [1.29, 1.82) is 0 Å². The molecule has 3 heteroatoms. The van der Waals surface area contributed by atoms with Gasteiger partial charge in [-0.2, -0.15) is 0 Å². The third-order valence-electron chi connectivity index (χ3n) is 5.30. The molecular weight excluding hydrogens is 260 g/mol. The van der Waals surface area contributed by atoms with Gasteiger partial charge in [-0.3, -0.25) is 4.79 Å². The predicted molar refractivity (Wildman–Crippen MR) is 87.6 cm³/mol. The molecule has 1 aliphatic heterocycles. The highest BCUT2D eigenvalue weighted by Crippen LogP contribution is 2.53. The topological polar surface area (TPSA) is 55.1 Å². The van der Waals surface area contributed by atoms with Gasteiger partial charge in [-0.25, -0.2) is 0 Å². The number of anilines is 2. The van der Waals surface area contributed by atoms with Gasteiger partial charge in [0.15, 0.2) is 0 Å². The van der Waals surface area contributed by atoms with Crippen LogP contribution in [0.5, 0.6) is 0 Å². The number of amides is 1. The smallest absolute Gasteiger partial charge is 0.235 e. The first kappa shape index (κ1) is 14.4. The van der Waals surface area contributed by atoms with E-state index in [2.05, 4.69) is 25.2 Å². The first-order chi connectivity index (χ1) is 10.1. The monoisotopic (exact) mass is 286 g/mol. The number of hydrogen-bond donors (Lipinski definition) is 2. The van der Waals surface area contributed by atoms with Crippen LogP contribution < -0.4 is 11.1 Å². The molecule has 1 spiro atoms. The molecule has 0 radical (unpaired) electrons. The summed E-state index contributed by atoms with van der Waals surface area (Å²) in [6.45, 7) is 4.45. The van der Waals surface area contributed by atoms with Crippen LogP contribution in [0.15, 0.2) is 12.1 Å². The van der Waals surface area contributed by atoms with Gasteiger partial charge in [0.25, 0.3) is 0 Å². The van der Waals surface area contributed by atoms with Crippen LogP contribution in [-0.4, -0.2) is 5.91 Å². The summed E-state index contributed by atoms with van der Waals surface area (Å²) in [6, 6.07) is 4.12. The highest BCUT2D eigenvalue weighted by Gasteiger charge is 2.51. The molecule has 21 heavy (non-hydrogen) atoms. The van der Waals surface area contributed by atoms with E-state index in [0.717, 1.165) is 56.3 Å². The van der Waals surface area contributed by atoms with Gasteiger partial charge in [0.2, 0.25) is 5.91 Å². The Balaban J connectivity index is 2.07. The van der Waals surface area contributed by atoms with E-state index in [9.17, 15) is 4.79 Å². The highest BCUT2D eigenvalue weighted by molar-refractivity contribution is 6.08. The Morgan fingerprint density at radius 2 is 1.90 bits per heavy atom. The molecule has 3 N–H and O–H groups in total. The Labute approximate surface area is 127 Å². The normalized spacial score (nSPS) is 18.7. The van der Waals surface area contributed by atoms with E-state index in [1.54, 1.807) is 0 Å². The van der Waals surface area contributed by atoms with E-state index in [1.165, 1.54) is 11.1 Å².